The summed E-state index contributed by atoms with van der Waals surface area (Å²) >= 11 is 0. The van der Waals surface area contributed by atoms with Crippen molar-refractivity contribution in [3.63, 3.8) is 0 Å². The number of aromatic nitrogens is 2. The Bertz CT molecular complexity index is 601. The van der Waals surface area contributed by atoms with Gasteiger partial charge in [-0.3, -0.25) is 4.79 Å². The second-order valence-electron chi connectivity index (χ2n) is 4.28. The monoisotopic (exact) mass is 274 g/mol. The number of carbonyl (C=O) groups is 1. The molecule has 0 aliphatic rings. The highest BCUT2D eigenvalue weighted by molar-refractivity contribution is 5.89. The molecule has 0 unspecified atom stereocenters. The average molecular weight is 274 g/mol. The fraction of sp³-hybridized carbons (Fsp3) is 0.357. The third-order valence-electron chi connectivity index (χ3n) is 2.78. The second kappa shape index (κ2) is 6.70. The van der Waals surface area contributed by atoms with E-state index in [1.165, 1.54) is 0 Å². The molecule has 1 aromatic carbocycles. The normalized spacial score (nSPS) is 10.4. The summed E-state index contributed by atoms with van der Waals surface area (Å²) in [5.41, 5.74) is 6.48. The van der Waals surface area contributed by atoms with Crippen LogP contribution in [-0.4, -0.2) is 29.1 Å². The molecule has 0 bridgehead atoms. The first kappa shape index (κ1) is 14.0. The van der Waals surface area contributed by atoms with Crippen molar-refractivity contribution in [1.82, 2.24) is 9.97 Å². The van der Waals surface area contributed by atoms with Gasteiger partial charge in [-0.25, -0.2) is 4.98 Å². The van der Waals surface area contributed by atoms with Crippen molar-refractivity contribution in [3.8, 4) is 0 Å². The highest BCUT2D eigenvalue weighted by Crippen LogP contribution is 2.20. The molecule has 106 valence electrons. The molecule has 6 heteroatoms. The summed E-state index contributed by atoms with van der Waals surface area (Å²) in [5, 5.41) is 4.10. The van der Waals surface area contributed by atoms with Gasteiger partial charge >= 0.3 is 5.97 Å². The number of nitrogen functional groups attached to an aromatic ring is 1. The molecule has 0 fully saturated rings. The molecule has 20 heavy (non-hydrogen) atoms. The molecular formula is C14H18N4O2. The number of carbonyl (C=O) groups excluding carboxylic acids is 1. The molecule has 1 heterocycles. The lowest BCUT2D eigenvalue weighted by Crippen LogP contribution is -2.10. The summed E-state index contributed by atoms with van der Waals surface area (Å²) in [6, 6.07) is 7.64. The third-order valence-corrected chi connectivity index (χ3v) is 2.78. The molecule has 0 saturated carbocycles. The van der Waals surface area contributed by atoms with Crippen molar-refractivity contribution in [3.05, 3.63) is 24.3 Å². The number of esters is 1. The predicted molar refractivity (Wildman–Crippen MR) is 78.3 cm³/mol. The summed E-state index contributed by atoms with van der Waals surface area (Å²) in [7, 11) is 0. The lowest BCUT2D eigenvalue weighted by molar-refractivity contribution is -0.143. The Kier molecular flexibility index (Phi) is 4.70. The van der Waals surface area contributed by atoms with E-state index in [1.54, 1.807) is 6.92 Å². The number of nitrogens with two attached hydrogens (primary N) is 1. The molecule has 3 N–H and O–H groups in total. The molecule has 0 amide bonds. The molecule has 0 aliphatic carbocycles. The average Bonchev–Trinajstić information content (AvgIpc) is 2.43. The zero-order chi connectivity index (χ0) is 14.4. The summed E-state index contributed by atoms with van der Waals surface area (Å²) in [5.74, 6) is 0.745. The molecule has 0 aliphatic heterocycles. The van der Waals surface area contributed by atoms with Crippen LogP contribution in [-0.2, 0) is 9.53 Å². The quantitative estimate of drug-likeness (QED) is 0.618. The maximum atomic E-state index is 11.2. The lowest BCUT2D eigenvalue weighted by atomic mass is 10.2. The van der Waals surface area contributed by atoms with Crippen LogP contribution in [0.3, 0.4) is 0 Å². The third kappa shape index (κ3) is 3.57. The molecule has 2 rings (SSSR count). The Morgan fingerprint density at radius 2 is 2.15 bits per heavy atom. The van der Waals surface area contributed by atoms with Crippen LogP contribution >= 0.6 is 0 Å². The highest BCUT2D eigenvalue weighted by atomic mass is 16.5. The summed E-state index contributed by atoms with van der Waals surface area (Å²) in [4.78, 5) is 19.6. The highest BCUT2D eigenvalue weighted by Gasteiger charge is 2.06. The largest absolute Gasteiger partial charge is 0.466 e. The van der Waals surface area contributed by atoms with E-state index in [0.717, 1.165) is 10.9 Å². The van der Waals surface area contributed by atoms with Crippen LogP contribution in [0.15, 0.2) is 24.3 Å². The van der Waals surface area contributed by atoms with Crippen LogP contribution in [0, 0.1) is 0 Å². The zero-order valence-electron chi connectivity index (χ0n) is 11.4. The van der Waals surface area contributed by atoms with Crippen molar-refractivity contribution in [2.24, 2.45) is 0 Å². The zero-order valence-corrected chi connectivity index (χ0v) is 11.4. The minimum absolute atomic E-state index is 0.179. The van der Waals surface area contributed by atoms with Gasteiger partial charge in [-0.2, -0.15) is 4.98 Å². The van der Waals surface area contributed by atoms with E-state index in [4.69, 9.17) is 10.5 Å². The molecule has 0 saturated heterocycles. The minimum atomic E-state index is -0.179. The van der Waals surface area contributed by atoms with Crippen molar-refractivity contribution in [2.75, 3.05) is 24.2 Å². The van der Waals surface area contributed by atoms with E-state index in [1.807, 2.05) is 24.3 Å². The number of rotatable bonds is 6. The van der Waals surface area contributed by atoms with E-state index in [0.29, 0.717) is 31.8 Å². The molecule has 6 nitrogen and oxygen atoms in total. The molecule has 2 aromatic rings. The van der Waals surface area contributed by atoms with Crippen molar-refractivity contribution in [1.29, 1.82) is 0 Å². The fourth-order valence-electron chi connectivity index (χ4n) is 1.90. The van der Waals surface area contributed by atoms with Crippen LogP contribution in [0.5, 0.6) is 0 Å². The van der Waals surface area contributed by atoms with Gasteiger partial charge in [0.15, 0.2) is 0 Å². The number of para-hydroxylation sites is 1. The Morgan fingerprint density at radius 3 is 2.95 bits per heavy atom. The summed E-state index contributed by atoms with van der Waals surface area (Å²) in [6.45, 7) is 2.84. The Morgan fingerprint density at radius 1 is 1.35 bits per heavy atom. The first-order chi connectivity index (χ1) is 9.70. The predicted octanol–water partition coefficient (Wildman–Crippen LogP) is 1.97. The van der Waals surface area contributed by atoms with Gasteiger partial charge in [-0.1, -0.05) is 12.1 Å². The molecule has 0 radical (unpaired) electrons. The van der Waals surface area contributed by atoms with E-state index in [9.17, 15) is 4.79 Å². The number of nitrogens with zero attached hydrogens (tertiary/aromatic N) is 2. The Labute approximate surface area is 117 Å². The van der Waals surface area contributed by atoms with Crippen LogP contribution in [0.25, 0.3) is 10.9 Å². The van der Waals surface area contributed by atoms with Crippen molar-refractivity contribution >= 4 is 28.6 Å². The van der Waals surface area contributed by atoms with Gasteiger partial charge < -0.3 is 15.8 Å². The van der Waals surface area contributed by atoms with E-state index in [-0.39, 0.29) is 11.9 Å². The van der Waals surface area contributed by atoms with E-state index >= 15 is 0 Å². The van der Waals surface area contributed by atoms with E-state index in [2.05, 4.69) is 15.3 Å². The van der Waals surface area contributed by atoms with E-state index < -0.39 is 0 Å². The first-order valence-corrected chi connectivity index (χ1v) is 6.62. The molecular weight excluding hydrogens is 256 g/mol. The molecule has 0 spiro atoms. The number of benzene rings is 1. The number of nitrogens with one attached hydrogen (secondary N) is 1. The van der Waals surface area contributed by atoms with Gasteiger partial charge in [0, 0.05) is 18.4 Å². The first-order valence-electron chi connectivity index (χ1n) is 6.62. The maximum absolute atomic E-state index is 11.2. The number of hydrogen-bond donors (Lipinski definition) is 2. The van der Waals surface area contributed by atoms with Crippen LogP contribution < -0.4 is 11.1 Å². The summed E-state index contributed by atoms with van der Waals surface area (Å²) < 4.78 is 4.87. The topological polar surface area (TPSA) is 90.1 Å². The summed E-state index contributed by atoms with van der Waals surface area (Å²) in [6.07, 6.45) is 1.07. The second-order valence-corrected chi connectivity index (χ2v) is 4.28. The SMILES string of the molecule is CCOC(=O)CCCNc1nc(N)nc2ccccc12. The van der Waals surface area contributed by atoms with Crippen LogP contribution in [0.1, 0.15) is 19.8 Å². The Balaban J connectivity index is 1.98. The van der Waals surface area contributed by atoms with Crippen molar-refractivity contribution < 1.29 is 9.53 Å². The maximum Gasteiger partial charge on any atom is 0.305 e. The van der Waals surface area contributed by atoms with Crippen LogP contribution in [0.2, 0.25) is 0 Å². The van der Waals surface area contributed by atoms with Gasteiger partial charge in [-0.05, 0) is 25.5 Å². The Hall–Kier alpha value is -2.37. The fourth-order valence-corrected chi connectivity index (χ4v) is 1.90. The van der Waals surface area contributed by atoms with Gasteiger partial charge in [-0.15, -0.1) is 0 Å². The molecule has 0 atom stereocenters. The number of hydrogen-bond acceptors (Lipinski definition) is 6. The smallest absolute Gasteiger partial charge is 0.305 e. The minimum Gasteiger partial charge on any atom is -0.466 e. The number of anilines is 2. The van der Waals surface area contributed by atoms with Gasteiger partial charge in [0.1, 0.15) is 5.82 Å². The number of ether oxygens (including phenoxy) is 1. The van der Waals surface area contributed by atoms with Gasteiger partial charge in [0.05, 0.1) is 12.1 Å². The molecule has 1 aromatic heterocycles. The standard InChI is InChI=1S/C14H18N4O2/c1-2-20-12(19)8-5-9-16-13-10-6-3-4-7-11(10)17-14(15)18-13/h3-4,6-7H,2,5,8-9H2,1H3,(H3,15,16,17,18). The number of fused-ring (bicyclic) bond motifs is 1. The van der Waals surface area contributed by atoms with Crippen LogP contribution in [0.4, 0.5) is 11.8 Å². The lowest BCUT2D eigenvalue weighted by Gasteiger charge is -2.09. The van der Waals surface area contributed by atoms with Crippen molar-refractivity contribution in [2.45, 2.75) is 19.8 Å². The van der Waals surface area contributed by atoms with Gasteiger partial charge in [0.25, 0.3) is 0 Å². The van der Waals surface area contributed by atoms with Gasteiger partial charge in [0.2, 0.25) is 5.95 Å².